The van der Waals surface area contributed by atoms with Gasteiger partial charge in [-0.25, -0.2) is 0 Å². The maximum Gasteiger partial charge on any atom is 0.409 e. The maximum atomic E-state index is 13.9. The molecule has 0 aliphatic carbocycles. The van der Waals surface area contributed by atoms with E-state index in [9.17, 15) is 18.0 Å². The number of benzene rings is 2. The van der Waals surface area contributed by atoms with Gasteiger partial charge in [-0.05, 0) is 48.4 Å². The average molecular weight is 352 g/mol. The van der Waals surface area contributed by atoms with Gasteiger partial charge in [0.2, 0.25) is 5.91 Å². The number of alkyl halides is 3. The second kappa shape index (κ2) is 5.91. The van der Waals surface area contributed by atoms with Gasteiger partial charge in [-0.3, -0.25) is 10.2 Å². The van der Waals surface area contributed by atoms with Gasteiger partial charge in [-0.1, -0.05) is 18.2 Å². The van der Waals surface area contributed by atoms with Gasteiger partial charge in [-0.15, -0.1) is 0 Å². The summed E-state index contributed by atoms with van der Waals surface area (Å²) in [5.74, 6) is 0.157. The third-order valence-corrected chi connectivity index (χ3v) is 4.45. The van der Waals surface area contributed by atoms with Crippen LogP contribution in [0, 0.1) is 0 Å². The Bertz CT molecular complexity index is 818. The molecule has 0 aromatic heterocycles. The Labute approximate surface area is 143 Å². The largest absolute Gasteiger partial charge is 0.497 e. The molecule has 7 heteroatoms. The van der Waals surface area contributed by atoms with Gasteiger partial charge in [0.15, 0.2) is 6.04 Å². The van der Waals surface area contributed by atoms with E-state index in [0.29, 0.717) is 11.1 Å². The van der Waals surface area contributed by atoms with E-state index in [0.717, 1.165) is 10.4 Å². The molecule has 1 aliphatic rings. The van der Waals surface area contributed by atoms with Gasteiger partial charge < -0.3 is 4.74 Å². The minimum absolute atomic E-state index is 0.0149. The Morgan fingerprint density at radius 1 is 1.16 bits per heavy atom. The lowest BCUT2D eigenvalue weighted by molar-refractivity contribution is -0.203. The first-order valence-corrected chi connectivity index (χ1v) is 7.85. The molecule has 0 saturated carbocycles. The Hall–Kier alpha value is -2.28. The monoisotopic (exact) mass is 352 g/mol. The molecule has 0 unspecified atom stereocenters. The van der Waals surface area contributed by atoms with Gasteiger partial charge in [-0.2, -0.15) is 18.2 Å². The number of hydrogen-bond donors (Lipinski definition) is 1. The van der Waals surface area contributed by atoms with E-state index in [1.54, 1.807) is 38.1 Å². The number of amides is 1. The van der Waals surface area contributed by atoms with E-state index in [4.69, 9.17) is 4.74 Å². The zero-order valence-corrected chi connectivity index (χ0v) is 14.1. The zero-order chi connectivity index (χ0) is 18.4. The van der Waals surface area contributed by atoms with Crippen LogP contribution in [0.1, 0.15) is 31.9 Å². The highest BCUT2D eigenvalue weighted by atomic mass is 19.4. The van der Waals surface area contributed by atoms with E-state index in [1.165, 1.54) is 19.2 Å². The Morgan fingerprint density at radius 2 is 1.84 bits per heavy atom. The topological polar surface area (TPSA) is 41.6 Å². The minimum atomic E-state index is -4.54. The van der Waals surface area contributed by atoms with E-state index in [2.05, 4.69) is 5.43 Å². The van der Waals surface area contributed by atoms with Crippen LogP contribution in [0.25, 0.3) is 10.8 Å². The number of hydrazine groups is 1. The molecule has 2 aromatic rings. The number of carbonyl (C=O) groups is 1. The summed E-state index contributed by atoms with van der Waals surface area (Å²) in [6.45, 7) is 3.24. The van der Waals surface area contributed by atoms with E-state index in [-0.39, 0.29) is 12.0 Å². The molecule has 0 radical (unpaired) electrons. The molecule has 25 heavy (non-hydrogen) atoms. The molecular formula is C18H19F3N2O2. The van der Waals surface area contributed by atoms with Crippen LogP contribution in [0.5, 0.6) is 5.75 Å². The van der Waals surface area contributed by atoms with Crippen molar-refractivity contribution >= 4 is 16.7 Å². The lowest BCUT2D eigenvalue weighted by Crippen LogP contribution is -2.51. The predicted molar refractivity (Wildman–Crippen MR) is 88.0 cm³/mol. The van der Waals surface area contributed by atoms with Crippen molar-refractivity contribution in [2.24, 2.45) is 0 Å². The van der Waals surface area contributed by atoms with E-state index < -0.39 is 23.7 Å². The van der Waals surface area contributed by atoms with Crippen molar-refractivity contribution < 1.29 is 22.7 Å². The fourth-order valence-corrected chi connectivity index (χ4v) is 3.24. The number of carbonyl (C=O) groups excluding carboxylic acids is 1. The van der Waals surface area contributed by atoms with Crippen LogP contribution in [0.2, 0.25) is 0 Å². The summed E-state index contributed by atoms with van der Waals surface area (Å²) in [6.07, 6.45) is -4.53. The van der Waals surface area contributed by atoms with Crippen LogP contribution in [0.3, 0.4) is 0 Å². The second-order valence-electron chi connectivity index (χ2n) is 6.81. The zero-order valence-electron chi connectivity index (χ0n) is 14.1. The first kappa shape index (κ1) is 17.5. The number of rotatable bonds is 3. The van der Waals surface area contributed by atoms with Crippen molar-refractivity contribution in [2.75, 3.05) is 7.11 Å². The van der Waals surface area contributed by atoms with Crippen LogP contribution in [0.4, 0.5) is 13.2 Å². The Morgan fingerprint density at radius 3 is 2.40 bits per heavy atom. The van der Waals surface area contributed by atoms with Crippen molar-refractivity contribution in [2.45, 2.75) is 38.0 Å². The molecule has 1 amide bonds. The normalized spacial score (nSPS) is 19.0. The van der Waals surface area contributed by atoms with Crippen molar-refractivity contribution in [1.29, 1.82) is 0 Å². The molecule has 1 saturated heterocycles. The van der Waals surface area contributed by atoms with Crippen LogP contribution in [0.15, 0.2) is 36.4 Å². The molecule has 134 valence electrons. The molecule has 1 atom stereocenters. The summed E-state index contributed by atoms with van der Waals surface area (Å²) in [4.78, 5) is 11.7. The summed E-state index contributed by atoms with van der Waals surface area (Å²) in [6, 6.07) is 7.91. The number of halogens is 3. The standard InChI is InChI=1S/C18H19F3N2O2/c1-17(2)10-15(24)22-23(17)16(18(19,20)21)12-5-4-11-6-7-14(25-3)9-13(11)8-12/h4-9,16H,10H2,1-3H3,(H,22,24)/t16-/m0/s1. The number of ether oxygens (including phenoxy) is 1. The summed E-state index contributed by atoms with van der Waals surface area (Å²) in [5, 5.41) is 2.47. The predicted octanol–water partition coefficient (Wildman–Crippen LogP) is 3.97. The van der Waals surface area contributed by atoms with E-state index in [1.807, 2.05) is 0 Å². The molecule has 0 spiro atoms. The molecular weight excluding hydrogens is 333 g/mol. The highest BCUT2D eigenvalue weighted by Crippen LogP contribution is 2.43. The summed E-state index contributed by atoms with van der Waals surface area (Å²) in [5.41, 5.74) is 1.50. The molecule has 3 rings (SSSR count). The molecule has 1 fully saturated rings. The number of nitrogens with zero attached hydrogens (tertiary/aromatic N) is 1. The number of hydrogen-bond acceptors (Lipinski definition) is 3. The summed E-state index contributed by atoms with van der Waals surface area (Å²) >= 11 is 0. The van der Waals surface area contributed by atoms with Crippen LogP contribution in [-0.2, 0) is 4.79 Å². The smallest absolute Gasteiger partial charge is 0.409 e. The van der Waals surface area contributed by atoms with E-state index >= 15 is 0 Å². The first-order chi connectivity index (χ1) is 11.6. The molecule has 1 N–H and O–H groups in total. The average Bonchev–Trinajstić information content (AvgIpc) is 2.77. The van der Waals surface area contributed by atoms with Gasteiger partial charge in [0, 0.05) is 12.0 Å². The van der Waals surface area contributed by atoms with Gasteiger partial charge in [0.25, 0.3) is 0 Å². The highest BCUT2D eigenvalue weighted by Gasteiger charge is 2.52. The molecule has 4 nitrogen and oxygen atoms in total. The third-order valence-electron chi connectivity index (χ3n) is 4.45. The third kappa shape index (κ3) is 3.28. The van der Waals surface area contributed by atoms with Gasteiger partial charge in [0.1, 0.15) is 5.75 Å². The van der Waals surface area contributed by atoms with Gasteiger partial charge >= 0.3 is 6.18 Å². The molecule has 0 bridgehead atoms. The molecule has 1 heterocycles. The number of fused-ring (bicyclic) bond motifs is 1. The SMILES string of the molecule is COc1ccc2ccc([C@H](N3NC(=O)CC3(C)C)C(F)(F)F)cc2c1. The maximum absolute atomic E-state index is 13.9. The highest BCUT2D eigenvalue weighted by molar-refractivity contribution is 5.85. The van der Waals surface area contributed by atoms with Gasteiger partial charge in [0.05, 0.1) is 7.11 Å². The quantitative estimate of drug-likeness (QED) is 0.909. The summed E-state index contributed by atoms with van der Waals surface area (Å²) < 4.78 is 46.7. The van der Waals surface area contributed by atoms with Crippen LogP contribution < -0.4 is 10.2 Å². The Kier molecular flexibility index (Phi) is 4.15. The minimum Gasteiger partial charge on any atom is -0.497 e. The van der Waals surface area contributed by atoms with Crippen molar-refractivity contribution in [3.8, 4) is 5.75 Å². The lowest BCUT2D eigenvalue weighted by Gasteiger charge is -2.38. The van der Waals surface area contributed by atoms with Crippen molar-refractivity contribution in [3.05, 3.63) is 42.0 Å². The second-order valence-corrected chi connectivity index (χ2v) is 6.81. The summed E-state index contributed by atoms with van der Waals surface area (Å²) in [7, 11) is 1.51. The number of nitrogens with one attached hydrogen (secondary N) is 1. The number of methoxy groups -OCH3 is 1. The van der Waals surface area contributed by atoms with Crippen molar-refractivity contribution in [3.63, 3.8) is 0 Å². The molecule has 1 aliphatic heterocycles. The fraction of sp³-hybridized carbons (Fsp3) is 0.389. The van der Waals surface area contributed by atoms with Crippen molar-refractivity contribution in [1.82, 2.24) is 10.4 Å². The first-order valence-electron chi connectivity index (χ1n) is 7.85. The lowest BCUT2D eigenvalue weighted by atomic mass is 9.95. The molecule has 2 aromatic carbocycles. The Balaban J connectivity index is 2.11. The fourth-order valence-electron chi connectivity index (χ4n) is 3.24. The van der Waals surface area contributed by atoms with Crippen LogP contribution >= 0.6 is 0 Å². The van der Waals surface area contributed by atoms with Crippen LogP contribution in [-0.4, -0.2) is 29.7 Å².